The zero-order chi connectivity index (χ0) is 25.6. The summed E-state index contributed by atoms with van der Waals surface area (Å²) >= 11 is 0. The summed E-state index contributed by atoms with van der Waals surface area (Å²) in [4.78, 5) is 13.0. The molecule has 1 N–H and O–H groups in total. The summed E-state index contributed by atoms with van der Waals surface area (Å²) in [5, 5.41) is 4.17. The van der Waals surface area contributed by atoms with Crippen molar-refractivity contribution in [1.29, 1.82) is 0 Å². The van der Waals surface area contributed by atoms with E-state index in [9.17, 15) is 13.2 Å². The molecule has 0 saturated carbocycles. The molecule has 3 rings (SSSR count). The molecule has 0 bridgehead atoms. The number of aryl methyl sites for hydroxylation is 2. The third-order valence-corrected chi connectivity index (χ3v) is 7.18. The van der Waals surface area contributed by atoms with E-state index in [2.05, 4.69) is 10.5 Å². The molecule has 0 heterocycles. The highest BCUT2D eigenvalue weighted by atomic mass is 32.2. The summed E-state index contributed by atoms with van der Waals surface area (Å²) in [6.45, 7) is 4.96. The van der Waals surface area contributed by atoms with Crippen LogP contribution in [0.5, 0.6) is 11.5 Å². The number of sulfonamides is 1. The van der Waals surface area contributed by atoms with Crippen LogP contribution in [0, 0.1) is 13.8 Å². The highest BCUT2D eigenvalue weighted by Gasteiger charge is 2.28. The highest BCUT2D eigenvalue weighted by Crippen LogP contribution is 2.29. The lowest BCUT2D eigenvalue weighted by molar-refractivity contribution is -0.119. The Morgan fingerprint density at radius 3 is 2.29 bits per heavy atom. The molecule has 0 unspecified atom stereocenters. The summed E-state index contributed by atoms with van der Waals surface area (Å²) < 4.78 is 38.7. The molecule has 35 heavy (non-hydrogen) atoms. The molecular weight excluding hydrogens is 466 g/mol. The van der Waals surface area contributed by atoms with Gasteiger partial charge < -0.3 is 9.47 Å². The standard InChI is InChI=1S/C26H29N3O5S/c1-18-11-12-19(2)23(15-18)29(35(31,32)22-9-7-6-8-10-22)17-26(30)28-27-20(3)21-13-14-24(33-4)25(16-21)34-5/h6-16H,17H2,1-5H3,(H,28,30)/b27-20-. The fraction of sp³-hybridized carbons (Fsp3) is 0.231. The lowest BCUT2D eigenvalue weighted by Crippen LogP contribution is -2.40. The maximum absolute atomic E-state index is 13.5. The van der Waals surface area contributed by atoms with Crippen LogP contribution < -0.4 is 19.2 Å². The van der Waals surface area contributed by atoms with E-state index in [1.807, 2.05) is 19.1 Å². The Bertz CT molecular complexity index is 1340. The Balaban J connectivity index is 1.89. The quantitative estimate of drug-likeness (QED) is 0.357. The van der Waals surface area contributed by atoms with Crippen molar-refractivity contribution in [2.24, 2.45) is 5.10 Å². The Hall–Kier alpha value is -3.85. The average Bonchev–Trinajstić information content (AvgIpc) is 2.87. The van der Waals surface area contributed by atoms with Crippen molar-refractivity contribution in [3.63, 3.8) is 0 Å². The third-order valence-electron chi connectivity index (χ3n) is 5.40. The summed E-state index contributed by atoms with van der Waals surface area (Å²) in [6.07, 6.45) is 0. The number of nitrogens with zero attached hydrogens (tertiary/aromatic N) is 2. The van der Waals surface area contributed by atoms with Gasteiger partial charge in [0.05, 0.1) is 30.5 Å². The van der Waals surface area contributed by atoms with Gasteiger partial charge in [0, 0.05) is 5.56 Å². The highest BCUT2D eigenvalue weighted by molar-refractivity contribution is 7.92. The van der Waals surface area contributed by atoms with Gasteiger partial charge in [-0.05, 0) is 68.3 Å². The SMILES string of the molecule is COc1ccc(/C(C)=N\NC(=O)CN(c2cc(C)ccc2C)S(=O)(=O)c2ccccc2)cc1OC. The Labute approximate surface area is 206 Å². The van der Waals surface area contributed by atoms with Crippen molar-refractivity contribution in [3.05, 3.63) is 83.4 Å². The zero-order valence-corrected chi connectivity index (χ0v) is 21.2. The molecule has 0 aliphatic rings. The van der Waals surface area contributed by atoms with E-state index < -0.39 is 22.5 Å². The monoisotopic (exact) mass is 495 g/mol. The Kier molecular flexibility index (Phi) is 8.14. The Morgan fingerprint density at radius 2 is 1.63 bits per heavy atom. The van der Waals surface area contributed by atoms with Crippen molar-refractivity contribution in [3.8, 4) is 11.5 Å². The van der Waals surface area contributed by atoms with Gasteiger partial charge in [0.25, 0.3) is 15.9 Å². The number of benzene rings is 3. The first-order valence-electron chi connectivity index (χ1n) is 10.9. The molecule has 9 heteroatoms. The predicted octanol–water partition coefficient (Wildman–Crippen LogP) is 4.06. The zero-order valence-electron chi connectivity index (χ0n) is 20.4. The smallest absolute Gasteiger partial charge is 0.264 e. The molecule has 0 spiro atoms. The molecule has 8 nitrogen and oxygen atoms in total. The number of ether oxygens (including phenoxy) is 2. The number of carbonyl (C=O) groups excluding carboxylic acids is 1. The summed E-state index contributed by atoms with van der Waals surface area (Å²) in [7, 11) is -0.924. The van der Waals surface area contributed by atoms with E-state index in [1.54, 1.807) is 63.4 Å². The molecule has 3 aromatic rings. The van der Waals surface area contributed by atoms with Gasteiger partial charge in [0.15, 0.2) is 11.5 Å². The number of carbonyl (C=O) groups is 1. The predicted molar refractivity (Wildman–Crippen MR) is 137 cm³/mol. The first kappa shape index (κ1) is 25.8. The van der Waals surface area contributed by atoms with E-state index in [1.165, 1.54) is 19.2 Å². The molecular formula is C26H29N3O5S. The van der Waals surface area contributed by atoms with Crippen molar-refractivity contribution in [2.45, 2.75) is 25.7 Å². The van der Waals surface area contributed by atoms with Gasteiger partial charge in [-0.2, -0.15) is 5.10 Å². The van der Waals surface area contributed by atoms with E-state index in [0.29, 0.717) is 28.5 Å². The van der Waals surface area contributed by atoms with Crippen LogP contribution in [0.3, 0.4) is 0 Å². The number of anilines is 1. The Morgan fingerprint density at radius 1 is 0.943 bits per heavy atom. The van der Waals surface area contributed by atoms with E-state index >= 15 is 0 Å². The van der Waals surface area contributed by atoms with Crippen molar-refractivity contribution in [1.82, 2.24) is 5.43 Å². The molecule has 184 valence electrons. The number of methoxy groups -OCH3 is 2. The minimum absolute atomic E-state index is 0.0960. The fourth-order valence-corrected chi connectivity index (χ4v) is 4.94. The van der Waals surface area contributed by atoms with Crippen LogP contribution in [0.25, 0.3) is 0 Å². The molecule has 0 saturated heterocycles. The van der Waals surface area contributed by atoms with Crippen molar-refractivity contribution in [2.75, 3.05) is 25.1 Å². The van der Waals surface area contributed by atoms with Crippen LogP contribution in [0.1, 0.15) is 23.6 Å². The van der Waals surface area contributed by atoms with Crippen LogP contribution in [0.15, 0.2) is 76.7 Å². The van der Waals surface area contributed by atoms with Gasteiger partial charge in [-0.3, -0.25) is 9.10 Å². The number of hydrogen-bond donors (Lipinski definition) is 1. The lowest BCUT2D eigenvalue weighted by atomic mass is 10.1. The van der Waals surface area contributed by atoms with Crippen molar-refractivity contribution >= 4 is 27.3 Å². The molecule has 0 aliphatic heterocycles. The minimum Gasteiger partial charge on any atom is -0.493 e. The van der Waals surface area contributed by atoms with Crippen LogP contribution in [-0.4, -0.2) is 40.8 Å². The van der Waals surface area contributed by atoms with E-state index in [0.717, 1.165) is 15.4 Å². The molecule has 0 aromatic heterocycles. The first-order valence-corrected chi connectivity index (χ1v) is 12.3. The maximum Gasteiger partial charge on any atom is 0.264 e. The fourth-order valence-electron chi connectivity index (χ4n) is 3.45. The second kappa shape index (κ2) is 11.1. The minimum atomic E-state index is -4.00. The van der Waals surface area contributed by atoms with Crippen LogP contribution in [0.4, 0.5) is 5.69 Å². The second-order valence-electron chi connectivity index (χ2n) is 7.92. The molecule has 0 radical (unpaired) electrons. The maximum atomic E-state index is 13.5. The van der Waals surface area contributed by atoms with Gasteiger partial charge in [-0.15, -0.1) is 0 Å². The number of amides is 1. The summed E-state index contributed by atoms with van der Waals surface area (Å²) in [5.41, 5.74) is 5.75. The number of rotatable bonds is 9. The van der Waals surface area contributed by atoms with Gasteiger partial charge in [-0.1, -0.05) is 30.3 Å². The normalized spacial score (nSPS) is 11.6. The number of hydrogen-bond acceptors (Lipinski definition) is 6. The average molecular weight is 496 g/mol. The summed E-state index contributed by atoms with van der Waals surface area (Å²) in [6, 6.07) is 18.8. The van der Waals surface area contributed by atoms with Gasteiger partial charge in [-0.25, -0.2) is 13.8 Å². The largest absolute Gasteiger partial charge is 0.493 e. The summed E-state index contributed by atoms with van der Waals surface area (Å²) in [5.74, 6) is 0.523. The lowest BCUT2D eigenvalue weighted by Gasteiger charge is -2.25. The topological polar surface area (TPSA) is 97.3 Å². The van der Waals surface area contributed by atoms with Crippen LogP contribution in [0.2, 0.25) is 0 Å². The van der Waals surface area contributed by atoms with Crippen LogP contribution >= 0.6 is 0 Å². The molecule has 0 fully saturated rings. The van der Waals surface area contributed by atoms with E-state index in [4.69, 9.17) is 9.47 Å². The van der Waals surface area contributed by atoms with E-state index in [-0.39, 0.29) is 4.90 Å². The van der Waals surface area contributed by atoms with Gasteiger partial charge >= 0.3 is 0 Å². The van der Waals surface area contributed by atoms with Gasteiger partial charge in [0.1, 0.15) is 6.54 Å². The third kappa shape index (κ3) is 5.99. The van der Waals surface area contributed by atoms with Crippen LogP contribution in [-0.2, 0) is 14.8 Å². The van der Waals surface area contributed by atoms with Gasteiger partial charge in [0.2, 0.25) is 0 Å². The van der Waals surface area contributed by atoms with Crippen molar-refractivity contribution < 1.29 is 22.7 Å². The molecule has 3 aromatic carbocycles. The molecule has 1 amide bonds. The second-order valence-corrected chi connectivity index (χ2v) is 9.78. The number of nitrogens with one attached hydrogen (secondary N) is 1. The molecule has 0 atom stereocenters. The first-order chi connectivity index (χ1) is 16.7. The number of hydrazone groups is 1. The molecule has 0 aliphatic carbocycles.